The molecular weight excluding hydrogens is 1490 g/mol. The summed E-state index contributed by atoms with van der Waals surface area (Å²) in [7, 11) is -5.54. The molecule has 0 aliphatic heterocycles. The molecule has 18 aromatic rings. The van der Waals surface area contributed by atoms with E-state index in [9.17, 15) is 0 Å². The van der Waals surface area contributed by atoms with Crippen LogP contribution in [0.2, 0.25) is 0 Å². The lowest BCUT2D eigenvalue weighted by molar-refractivity contribution is 0.660. The third-order valence-electron chi connectivity index (χ3n) is 26.5. The van der Waals surface area contributed by atoms with E-state index >= 15 is 0 Å². The van der Waals surface area contributed by atoms with Crippen LogP contribution in [0.15, 0.2) is 413 Å². The molecular formula is C115H90N4Si2. The summed E-state index contributed by atoms with van der Waals surface area (Å²) in [5, 5.41) is 13.0. The van der Waals surface area contributed by atoms with Gasteiger partial charge in [0.15, 0.2) is 16.1 Å². The molecule has 21 rings (SSSR count). The Labute approximate surface area is 712 Å². The van der Waals surface area contributed by atoms with E-state index in [1.807, 2.05) is 0 Å². The van der Waals surface area contributed by atoms with Crippen LogP contribution in [-0.2, 0) is 16.2 Å². The minimum atomic E-state index is -2.77. The van der Waals surface area contributed by atoms with Gasteiger partial charge in [-0.05, 0) is 215 Å². The number of anilines is 6. The summed E-state index contributed by atoms with van der Waals surface area (Å²) >= 11 is 0. The van der Waals surface area contributed by atoms with Crippen LogP contribution in [0, 0.1) is 0 Å². The van der Waals surface area contributed by atoms with E-state index in [4.69, 9.17) is 9.97 Å². The molecule has 578 valence electrons. The average Bonchev–Trinajstić information content (AvgIpc) is 1.04. The highest BCUT2D eigenvalue weighted by Gasteiger charge is 2.45. The lowest BCUT2D eigenvalue weighted by Gasteiger charge is -2.35. The number of benzene rings is 16. The van der Waals surface area contributed by atoms with Gasteiger partial charge in [0, 0.05) is 49.8 Å². The second-order valence-corrected chi connectivity index (χ2v) is 42.0. The highest BCUT2D eigenvalue weighted by molar-refractivity contribution is 7.20. The topological polar surface area (TPSA) is 32.3 Å². The van der Waals surface area contributed by atoms with Crippen molar-refractivity contribution in [2.24, 2.45) is 0 Å². The van der Waals surface area contributed by atoms with Crippen molar-refractivity contribution in [2.45, 2.75) is 57.8 Å². The Balaban J connectivity index is 0.540. The number of nitrogens with zero attached hydrogens (tertiary/aromatic N) is 4. The van der Waals surface area contributed by atoms with Crippen molar-refractivity contribution in [1.29, 1.82) is 0 Å². The third kappa shape index (κ3) is 12.5. The van der Waals surface area contributed by atoms with Crippen molar-refractivity contribution in [2.75, 3.05) is 9.80 Å². The predicted molar refractivity (Wildman–Crippen MR) is 517 cm³/mol. The molecule has 0 radical (unpaired) electrons. The van der Waals surface area contributed by atoms with Crippen LogP contribution in [0.3, 0.4) is 0 Å². The molecule has 2 heterocycles. The molecule has 0 saturated heterocycles. The van der Waals surface area contributed by atoms with Gasteiger partial charge in [-0.15, -0.1) is 0 Å². The number of pyridine rings is 2. The van der Waals surface area contributed by atoms with Gasteiger partial charge in [0.1, 0.15) is 11.6 Å². The Morgan fingerprint density at radius 3 is 0.702 bits per heavy atom. The second kappa shape index (κ2) is 29.7. The molecule has 0 amide bonds. The molecule has 2 aromatic heterocycles. The molecule has 0 saturated carbocycles. The zero-order chi connectivity index (χ0) is 81.6. The number of hydrogen-bond acceptors (Lipinski definition) is 4. The lowest BCUT2D eigenvalue weighted by atomic mass is 9.81. The van der Waals surface area contributed by atoms with Crippen LogP contribution >= 0.6 is 0 Å². The van der Waals surface area contributed by atoms with Crippen molar-refractivity contribution in [3.63, 3.8) is 0 Å². The number of rotatable bonds is 18. The first-order valence-corrected chi connectivity index (χ1v) is 46.3. The van der Waals surface area contributed by atoms with Crippen LogP contribution in [0.4, 0.5) is 34.4 Å². The predicted octanol–water partition coefficient (Wildman–Crippen LogP) is 23.7. The summed E-state index contributed by atoms with van der Waals surface area (Å²) in [6.07, 6.45) is 9.21. The van der Waals surface area contributed by atoms with Gasteiger partial charge in [-0.2, -0.15) is 0 Å². The van der Waals surface area contributed by atoms with E-state index in [-0.39, 0.29) is 16.2 Å². The Morgan fingerprint density at radius 2 is 0.430 bits per heavy atom. The average molecular weight is 1580 g/mol. The van der Waals surface area contributed by atoms with E-state index in [1.165, 1.54) is 131 Å². The number of fused-ring (bicyclic) bond motifs is 11. The maximum atomic E-state index is 5.40. The molecule has 16 aromatic carbocycles. The van der Waals surface area contributed by atoms with Gasteiger partial charge in [0.25, 0.3) is 0 Å². The van der Waals surface area contributed by atoms with Crippen molar-refractivity contribution in [3.8, 4) is 33.4 Å². The number of para-hydroxylation sites is 2. The molecule has 4 nitrogen and oxygen atoms in total. The Morgan fingerprint density at radius 1 is 0.207 bits per heavy atom. The smallest absolute Gasteiger partial charge is 0.179 e. The van der Waals surface area contributed by atoms with E-state index in [0.717, 1.165) is 56.2 Å². The Bertz CT molecular complexity index is 6460. The first kappa shape index (κ1) is 74.4. The van der Waals surface area contributed by atoms with Gasteiger partial charge in [-0.3, -0.25) is 9.80 Å². The SMILES string of the molecule is CC1(C)c2cc(C=Cc3ccc4c(c3)C(C)(C)c3cc(N(c5ccc([Si](c6ccccc6)(c6ccccc6)c6ccccc6)cc5)c5ccc6ccccc6n5)ccc3-4)ccc2-c2ccc(C=Cc3ccc4c(c3)C(C)(C)c3cc(N(c5ccc([Si](c6ccccc6)(c6ccccc6)c6ccccc6)cc5)c5ccc6ccccc6n5)ccc3-4)cc21. The molecule has 6 heteroatoms. The van der Waals surface area contributed by atoms with Gasteiger partial charge >= 0.3 is 0 Å². The summed E-state index contributed by atoms with van der Waals surface area (Å²) in [5.41, 5.74) is 25.8. The third-order valence-corrected chi connectivity index (χ3v) is 36.1. The van der Waals surface area contributed by atoms with E-state index < -0.39 is 16.1 Å². The van der Waals surface area contributed by atoms with E-state index in [0.29, 0.717) is 0 Å². The first-order chi connectivity index (χ1) is 59.2. The maximum absolute atomic E-state index is 5.40. The van der Waals surface area contributed by atoms with E-state index in [1.54, 1.807) is 0 Å². The van der Waals surface area contributed by atoms with E-state index in [2.05, 4.69) is 488 Å². The summed E-state index contributed by atoms with van der Waals surface area (Å²) in [6, 6.07) is 154. The van der Waals surface area contributed by atoms with Gasteiger partial charge < -0.3 is 0 Å². The quantitative estimate of drug-likeness (QED) is 0.0487. The van der Waals surface area contributed by atoms with Crippen LogP contribution in [0.5, 0.6) is 0 Å². The molecule has 0 N–H and O–H groups in total. The van der Waals surface area contributed by atoms with Crippen molar-refractivity contribution in [1.82, 2.24) is 9.97 Å². The maximum Gasteiger partial charge on any atom is 0.179 e. The Hall–Kier alpha value is -14.1. The lowest BCUT2D eigenvalue weighted by Crippen LogP contribution is -2.74. The van der Waals surface area contributed by atoms with Crippen LogP contribution in [0.25, 0.3) is 79.5 Å². The largest absolute Gasteiger partial charge is 0.295 e. The van der Waals surface area contributed by atoms with Gasteiger partial charge in [-0.1, -0.05) is 393 Å². The number of aromatic nitrogens is 2. The molecule has 0 unspecified atom stereocenters. The fraction of sp³-hybridized carbons (Fsp3) is 0.0783. The zero-order valence-corrected chi connectivity index (χ0v) is 70.9. The monoisotopic (exact) mass is 1580 g/mol. The number of hydrogen-bond donors (Lipinski definition) is 0. The fourth-order valence-corrected chi connectivity index (χ4v) is 29.9. The Kier molecular flexibility index (Phi) is 18.3. The minimum absolute atomic E-state index is 0.212. The molecule has 0 bridgehead atoms. The second-order valence-electron chi connectivity index (χ2n) is 34.4. The van der Waals surface area contributed by atoms with Crippen LogP contribution in [0.1, 0.15) is 97.2 Å². The normalized spacial score (nSPS) is 13.8. The van der Waals surface area contributed by atoms with Crippen LogP contribution in [-0.4, -0.2) is 26.1 Å². The molecule has 121 heavy (non-hydrogen) atoms. The molecule has 3 aliphatic rings. The standard InChI is InChI=1S/C115H90N4Si2/c1-113(2)103-73-79(45-47-81-51-67-99-101-69-59-87(77-107(101)114(3,4)105(99)75-81)118(111-71-53-83-29-25-27-43-109(83)116-111)85-55-61-95(62-56-85)120(89-31-13-7-14-32-89,90-33-15-8-16-34-90)91-35-17-9-18-36-91)49-65-97(103)98-66-50-80(74-104(98)113)46-48-82-52-68-100-102-70-60-88(78-108(102)115(5,6)106(100)76-82)119(112-72-54-84-30-26-28-44-110(84)117-112)86-57-63-96(64-58-86)121(92-37-19-10-20-38-92,93-39-21-11-22-40-93)94-41-23-12-24-42-94/h7-78H,1-6H3. The van der Waals surface area contributed by atoms with Crippen LogP contribution < -0.4 is 51.3 Å². The highest BCUT2D eigenvalue weighted by atomic mass is 28.3. The first-order valence-electron chi connectivity index (χ1n) is 42.3. The van der Waals surface area contributed by atoms with Gasteiger partial charge in [0.05, 0.1) is 11.0 Å². The zero-order valence-electron chi connectivity index (χ0n) is 68.9. The van der Waals surface area contributed by atoms with Crippen molar-refractivity contribution >= 4 is 138 Å². The van der Waals surface area contributed by atoms with Gasteiger partial charge in [0.2, 0.25) is 0 Å². The summed E-state index contributed by atoms with van der Waals surface area (Å²) < 4.78 is 0. The summed E-state index contributed by atoms with van der Waals surface area (Å²) in [5.74, 6) is 1.74. The molecule has 3 aliphatic carbocycles. The van der Waals surface area contributed by atoms with Gasteiger partial charge in [-0.25, -0.2) is 9.97 Å². The molecule has 0 spiro atoms. The fourth-order valence-electron chi connectivity index (χ4n) is 20.4. The molecule has 0 fully saturated rings. The highest BCUT2D eigenvalue weighted by Crippen LogP contribution is 2.54. The van der Waals surface area contributed by atoms with Crippen molar-refractivity contribution < 1.29 is 0 Å². The molecule has 0 atom stereocenters. The summed E-state index contributed by atoms with van der Waals surface area (Å²) in [6.45, 7) is 14.3. The van der Waals surface area contributed by atoms with Crippen molar-refractivity contribution in [3.05, 3.63) is 468 Å². The minimum Gasteiger partial charge on any atom is -0.295 e. The summed E-state index contributed by atoms with van der Waals surface area (Å²) in [4.78, 5) is 15.5.